The normalized spacial score (nSPS) is 13.5. The molecule has 0 spiro atoms. The minimum absolute atomic E-state index is 0.165. The van der Waals surface area contributed by atoms with Crippen LogP contribution in [0.2, 0.25) is 10.0 Å². The Hall–Kier alpha value is -1.30. The molecule has 0 saturated carbocycles. The maximum Gasteiger partial charge on any atom is 0.154 e. The molecule has 6 heteroatoms. The van der Waals surface area contributed by atoms with Gasteiger partial charge < -0.3 is 19.3 Å². The zero-order valence-electron chi connectivity index (χ0n) is 13.5. The Kier molecular flexibility index (Phi) is 7.34. The fourth-order valence-corrected chi connectivity index (χ4v) is 2.29. The minimum Gasteiger partial charge on any atom is -0.489 e. The van der Waals surface area contributed by atoms with Gasteiger partial charge >= 0.3 is 0 Å². The average molecular weight is 371 g/mol. The largest absolute Gasteiger partial charge is 0.489 e. The number of methoxy groups -OCH3 is 1. The molecule has 0 radical (unpaired) electrons. The third-order valence-corrected chi connectivity index (χ3v) is 4.21. The zero-order valence-corrected chi connectivity index (χ0v) is 15.1. The molecule has 0 bridgehead atoms. The minimum atomic E-state index is -0.716. The summed E-state index contributed by atoms with van der Waals surface area (Å²) in [5.41, 5.74) is 1.68. The quantitative estimate of drug-likeness (QED) is 0.689. The van der Waals surface area contributed by atoms with Crippen molar-refractivity contribution in [1.82, 2.24) is 0 Å². The van der Waals surface area contributed by atoms with E-state index in [-0.39, 0.29) is 12.9 Å². The lowest BCUT2D eigenvalue weighted by atomic mass is 10.1. The Morgan fingerprint density at radius 3 is 2.38 bits per heavy atom. The Morgan fingerprint density at radius 1 is 1.04 bits per heavy atom. The maximum atomic E-state index is 10.1. The van der Waals surface area contributed by atoms with E-state index in [9.17, 15) is 5.11 Å². The number of aliphatic hydroxyl groups is 1. The van der Waals surface area contributed by atoms with E-state index in [0.717, 1.165) is 11.1 Å². The fraction of sp³-hybridized carbons (Fsp3) is 0.333. The highest BCUT2D eigenvalue weighted by Crippen LogP contribution is 2.24. The second kappa shape index (κ2) is 9.25. The van der Waals surface area contributed by atoms with Gasteiger partial charge in [-0.05, 0) is 42.3 Å². The molecule has 0 aliphatic heterocycles. The number of halogens is 2. The standard InChI is InChI=1S/C18H20Cl2O4/c1-12(22-2)23-11-18(21)14-4-6-15(7-5-14)24-10-13-3-8-16(19)17(20)9-13/h3-9,12,18,21H,10-11H2,1-2H3/t12?,18-/m1/s1. The van der Waals surface area contributed by atoms with E-state index in [4.69, 9.17) is 37.4 Å². The number of hydrogen-bond acceptors (Lipinski definition) is 4. The first-order valence-electron chi connectivity index (χ1n) is 7.48. The first kappa shape index (κ1) is 19.0. The van der Waals surface area contributed by atoms with Crippen LogP contribution in [0.1, 0.15) is 24.2 Å². The summed E-state index contributed by atoms with van der Waals surface area (Å²) in [7, 11) is 1.55. The smallest absolute Gasteiger partial charge is 0.154 e. The van der Waals surface area contributed by atoms with E-state index < -0.39 is 6.10 Å². The lowest BCUT2D eigenvalue weighted by Crippen LogP contribution is -2.15. The maximum absolute atomic E-state index is 10.1. The number of rotatable bonds is 8. The summed E-state index contributed by atoms with van der Waals surface area (Å²) in [5, 5.41) is 11.1. The number of ether oxygens (including phenoxy) is 3. The predicted molar refractivity (Wildman–Crippen MR) is 94.6 cm³/mol. The molecule has 2 rings (SSSR count). The van der Waals surface area contributed by atoms with Gasteiger partial charge in [-0.15, -0.1) is 0 Å². The summed E-state index contributed by atoms with van der Waals surface area (Å²) in [6, 6.07) is 12.6. The van der Waals surface area contributed by atoms with Crippen LogP contribution in [0.25, 0.3) is 0 Å². The van der Waals surface area contributed by atoms with Gasteiger partial charge in [0.2, 0.25) is 0 Å². The number of aliphatic hydroxyl groups excluding tert-OH is 1. The lowest BCUT2D eigenvalue weighted by molar-refractivity contribution is -0.130. The molecule has 0 aliphatic rings. The molecular weight excluding hydrogens is 351 g/mol. The van der Waals surface area contributed by atoms with Crippen LogP contribution in [0.5, 0.6) is 5.75 Å². The topological polar surface area (TPSA) is 47.9 Å². The van der Waals surface area contributed by atoms with Gasteiger partial charge in [-0.25, -0.2) is 0 Å². The van der Waals surface area contributed by atoms with Crippen molar-refractivity contribution in [3.8, 4) is 5.75 Å². The zero-order chi connectivity index (χ0) is 17.5. The van der Waals surface area contributed by atoms with E-state index in [1.807, 2.05) is 6.07 Å². The van der Waals surface area contributed by atoms with Crippen LogP contribution < -0.4 is 4.74 Å². The SMILES string of the molecule is COC(C)OC[C@@H](O)c1ccc(OCc2ccc(Cl)c(Cl)c2)cc1. The summed E-state index contributed by atoms with van der Waals surface area (Å²) in [6.45, 7) is 2.32. The highest BCUT2D eigenvalue weighted by molar-refractivity contribution is 6.42. The molecule has 1 N–H and O–H groups in total. The molecule has 0 aliphatic carbocycles. The van der Waals surface area contributed by atoms with Crippen LogP contribution in [0.15, 0.2) is 42.5 Å². The second-order valence-corrected chi connectivity index (χ2v) is 6.07. The van der Waals surface area contributed by atoms with Gasteiger partial charge in [-0.2, -0.15) is 0 Å². The van der Waals surface area contributed by atoms with Crippen LogP contribution in [0.3, 0.4) is 0 Å². The highest BCUT2D eigenvalue weighted by Gasteiger charge is 2.10. The molecule has 2 aromatic carbocycles. The van der Waals surface area contributed by atoms with Gasteiger partial charge in [0.25, 0.3) is 0 Å². The van der Waals surface area contributed by atoms with E-state index in [1.165, 1.54) is 0 Å². The molecule has 2 atom stereocenters. The molecular formula is C18H20Cl2O4. The van der Waals surface area contributed by atoms with Gasteiger partial charge in [0, 0.05) is 7.11 Å². The average Bonchev–Trinajstić information content (AvgIpc) is 2.60. The summed E-state index contributed by atoms with van der Waals surface area (Å²) in [4.78, 5) is 0. The van der Waals surface area contributed by atoms with Crippen molar-refractivity contribution < 1.29 is 19.3 Å². The molecule has 0 heterocycles. The van der Waals surface area contributed by atoms with Gasteiger partial charge in [0.15, 0.2) is 6.29 Å². The van der Waals surface area contributed by atoms with Crippen molar-refractivity contribution in [2.75, 3.05) is 13.7 Å². The molecule has 0 amide bonds. The first-order chi connectivity index (χ1) is 11.5. The van der Waals surface area contributed by atoms with Crippen molar-refractivity contribution >= 4 is 23.2 Å². The van der Waals surface area contributed by atoms with Gasteiger partial charge in [0.1, 0.15) is 18.5 Å². The van der Waals surface area contributed by atoms with Crippen LogP contribution in [0.4, 0.5) is 0 Å². The van der Waals surface area contributed by atoms with Crippen molar-refractivity contribution in [2.45, 2.75) is 25.9 Å². The Morgan fingerprint density at radius 2 is 1.75 bits per heavy atom. The monoisotopic (exact) mass is 370 g/mol. The summed E-state index contributed by atoms with van der Waals surface area (Å²) >= 11 is 11.9. The number of hydrogen-bond donors (Lipinski definition) is 1. The van der Waals surface area contributed by atoms with Crippen LogP contribution in [-0.4, -0.2) is 25.1 Å². The van der Waals surface area contributed by atoms with Crippen molar-refractivity contribution in [3.63, 3.8) is 0 Å². The fourth-order valence-electron chi connectivity index (χ4n) is 1.97. The van der Waals surface area contributed by atoms with Crippen molar-refractivity contribution in [3.05, 3.63) is 63.6 Å². The molecule has 1 unspecified atom stereocenters. The predicted octanol–water partition coefficient (Wildman–Crippen LogP) is 4.61. The molecule has 24 heavy (non-hydrogen) atoms. The molecule has 4 nitrogen and oxygen atoms in total. The summed E-state index contributed by atoms with van der Waals surface area (Å²) in [6.07, 6.45) is -1.07. The number of benzene rings is 2. The highest BCUT2D eigenvalue weighted by atomic mass is 35.5. The van der Waals surface area contributed by atoms with E-state index >= 15 is 0 Å². The summed E-state index contributed by atoms with van der Waals surface area (Å²) in [5.74, 6) is 0.697. The van der Waals surface area contributed by atoms with Crippen molar-refractivity contribution in [1.29, 1.82) is 0 Å². The molecule has 2 aromatic rings. The lowest BCUT2D eigenvalue weighted by Gasteiger charge is -2.16. The van der Waals surface area contributed by atoms with E-state index in [1.54, 1.807) is 50.4 Å². The van der Waals surface area contributed by atoms with Crippen molar-refractivity contribution in [2.24, 2.45) is 0 Å². The van der Waals surface area contributed by atoms with Crippen LogP contribution >= 0.6 is 23.2 Å². The first-order valence-corrected chi connectivity index (χ1v) is 8.24. The Labute approximate surface area is 151 Å². The Balaban J connectivity index is 1.88. The molecule has 0 fully saturated rings. The van der Waals surface area contributed by atoms with Crippen LogP contribution in [0, 0.1) is 0 Å². The van der Waals surface area contributed by atoms with Crippen LogP contribution in [-0.2, 0) is 16.1 Å². The molecule has 130 valence electrons. The third kappa shape index (κ3) is 5.65. The molecule has 0 saturated heterocycles. The Bertz CT molecular complexity index is 646. The van der Waals surface area contributed by atoms with E-state index in [2.05, 4.69) is 0 Å². The second-order valence-electron chi connectivity index (χ2n) is 5.26. The van der Waals surface area contributed by atoms with Gasteiger partial charge in [-0.3, -0.25) is 0 Å². The van der Waals surface area contributed by atoms with Gasteiger partial charge in [-0.1, -0.05) is 41.4 Å². The third-order valence-electron chi connectivity index (χ3n) is 3.48. The van der Waals surface area contributed by atoms with Gasteiger partial charge in [0.05, 0.1) is 16.7 Å². The summed E-state index contributed by atoms with van der Waals surface area (Å²) < 4.78 is 16.0. The van der Waals surface area contributed by atoms with E-state index in [0.29, 0.717) is 22.4 Å². The molecule has 0 aromatic heterocycles.